The number of aromatic nitrogens is 2. The molecule has 0 amide bonds. The van der Waals surface area contributed by atoms with Crippen LogP contribution in [0.2, 0.25) is 5.15 Å². The van der Waals surface area contributed by atoms with E-state index in [0.717, 1.165) is 0 Å². The first-order valence-corrected chi connectivity index (χ1v) is 6.06. The summed E-state index contributed by atoms with van der Waals surface area (Å²) in [5.41, 5.74) is 1.44. The van der Waals surface area contributed by atoms with Gasteiger partial charge in [0.25, 0.3) is 0 Å². The van der Waals surface area contributed by atoms with E-state index in [0.29, 0.717) is 16.4 Å². The third-order valence-corrected chi connectivity index (χ3v) is 3.04. The van der Waals surface area contributed by atoms with E-state index in [-0.39, 0.29) is 5.56 Å². The van der Waals surface area contributed by atoms with Crippen molar-refractivity contribution in [3.05, 3.63) is 52.1 Å². The van der Waals surface area contributed by atoms with Gasteiger partial charge < -0.3 is 4.84 Å². The molecule has 0 N–H and O–H groups in total. The molecule has 0 bridgehead atoms. The smallest absolute Gasteiger partial charge is 0.313 e. The Morgan fingerprint density at radius 2 is 2.10 bits per heavy atom. The van der Waals surface area contributed by atoms with Crippen LogP contribution in [-0.4, -0.2) is 22.0 Å². The summed E-state index contributed by atoms with van der Waals surface area (Å²) in [6, 6.07) is 4.97. The average Bonchev–Trinajstić information content (AvgIpc) is 2.65. The van der Waals surface area contributed by atoms with Crippen LogP contribution in [0.15, 0.2) is 29.4 Å². The Kier molecular flexibility index (Phi) is 4.14. The molecule has 7 heteroatoms. The summed E-state index contributed by atoms with van der Waals surface area (Å²) < 4.78 is 14.2. The first-order chi connectivity index (χ1) is 9.49. The lowest BCUT2D eigenvalue weighted by Gasteiger charge is -1.97. The van der Waals surface area contributed by atoms with E-state index in [2.05, 4.69) is 10.3 Å². The van der Waals surface area contributed by atoms with Gasteiger partial charge in [-0.1, -0.05) is 16.8 Å². The second kappa shape index (κ2) is 5.83. The van der Waals surface area contributed by atoms with Gasteiger partial charge in [0.15, 0.2) is 0 Å². The Morgan fingerprint density at radius 3 is 2.65 bits per heavy atom. The maximum Gasteiger partial charge on any atom is 0.365 e. The SMILES string of the molecule is Cc1nn(C)c(Cl)c1C=NOC(=O)c1ccc(F)cc1. The summed E-state index contributed by atoms with van der Waals surface area (Å²) in [5, 5.41) is 8.05. The van der Waals surface area contributed by atoms with E-state index in [1.807, 2.05) is 0 Å². The first-order valence-electron chi connectivity index (χ1n) is 5.68. The molecule has 0 atom stereocenters. The summed E-state index contributed by atoms with van der Waals surface area (Å²) in [6.45, 7) is 1.76. The average molecular weight is 296 g/mol. The minimum atomic E-state index is -0.682. The lowest BCUT2D eigenvalue weighted by atomic mass is 10.2. The predicted molar refractivity (Wildman–Crippen MR) is 72.4 cm³/mol. The van der Waals surface area contributed by atoms with Gasteiger partial charge in [-0.05, 0) is 31.2 Å². The maximum atomic E-state index is 12.7. The molecule has 0 aliphatic rings. The normalized spacial score (nSPS) is 11.0. The van der Waals surface area contributed by atoms with E-state index >= 15 is 0 Å². The van der Waals surface area contributed by atoms with Gasteiger partial charge in [-0.25, -0.2) is 9.18 Å². The van der Waals surface area contributed by atoms with Crippen molar-refractivity contribution in [2.45, 2.75) is 6.92 Å². The van der Waals surface area contributed by atoms with Crippen molar-refractivity contribution in [2.75, 3.05) is 0 Å². The van der Waals surface area contributed by atoms with Crippen molar-refractivity contribution >= 4 is 23.8 Å². The zero-order valence-corrected chi connectivity index (χ0v) is 11.6. The number of aryl methyl sites for hydroxylation is 2. The summed E-state index contributed by atoms with van der Waals surface area (Å²) in [6.07, 6.45) is 1.31. The van der Waals surface area contributed by atoms with Crippen LogP contribution in [0.4, 0.5) is 4.39 Å². The van der Waals surface area contributed by atoms with Crippen LogP contribution in [-0.2, 0) is 11.9 Å². The Hall–Kier alpha value is -2.21. The van der Waals surface area contributed by atoms with E-state index in [4.69, 9.17) is 16.4 Å². The third-order valence-electron chi connectivity index (χ3n) is 2.59. The number of nitrogens with zero attached hydrogens (tertiary/aromatic N) is 3. The quantitative estimate of drug-likeness (QED) is 0.497. The summed E-state index contributed by atoms with van der Waals surface area (Å²) in [7, 11) is 1.69. The molecule has 2 aromatic rings. The molecular formula is C13H11ClFN3O2. The highest BCUT2D eigenvalue weighted by atomic mass is 35.5. The molecular weight excluding hydrogens is 285 g/mol. The Bertz CT molecular complexity index is 665. The predicted octanol–water partition coefficient (Wildman–Crippen LogP) is 2.71. The number of benzene rings is 1. The van der Waals surface area contributed by atoms with Crippen LogP contribution in [0.5, 0.6) is 0 Å². The largest absolute Gasteiger partial charge is 0.365 e. The molecule has 0 radical (unpaired) electrons. The molecule has 5 nitrogen and oxygen atoms in total. The van der Waals surface area contributed by atoms with Gasteiger partial charge in [-0.15, -0.1) is 0 Å². The zero-order chi connectivity index (χ0) is 14.7. The molecule has 0 spiro atoms. The molecule has 0 unspecified atom stereocenters. The van der Waals surface area contributed by atoms with Gasteiger partial charge >= 0.3 is 5.97 Å². The van der Waals surface area contributed by atoms with Gasteiger partial charge in [-0.2, -0.15) is 5.10 Å². The van der Waals surface area contributed by atoms with Gasteiger partial charge in [0, 0.05) is 7.05 Å². The highest BCUT2D eigenvalue weighted by Crippen LogP contribution is 2.16. The van der Waals surface area contributed by atoms with E-state index in [1.165, 1.54) is 35.2 Å². The highest BCUT2D eigenvalue weighted by Gasteiger charge is 2.10. The fourth-order valence-electron chi connectivity index (χ4n) is 1.56. The van der Waals surface area contributed by atoms with Gasteiger partial charge in [0.2, 0.25) is 0 Å². The van der Waals surface area contributed by atoms with E-state index in [1.54, 1.807) is 14.0 Å². The Labute approximate surface area is 119 Å². The van der Waals surface area contributed by atoms with Crippen LogP contribution in [0.1, 0.15) is 21.6 Å². The van der Waals surface area contributed by atoms with E-state index in [9.17, 15) is 9.18 Å². The first kappa shape index (κ1) is 14.2. The summed E-state index contributed by atoms with van der Waals surface area (Å²) in [5.74, 6) is -1.11. The van der Waals surface area contributed by atoms with Crippen LogP contribution in [0.25, 0.3) is 0 Å². The lowest BCUT2D eigenvalue weighted by Crippen LogP contribution is -2.01. The third kappa shape index (κ3) is 3.03. The number of carbonyl (C=O) groups is 1. The summed E-state index contributed by atoms with van der Waals surface area (Å²) in [4.78, 5) is 16.3. The number of halogens is 2. The molecule has 0 saturated carbocycles. The van der Waals surface area contributed by atoms with Crippen molar-refractivity contribution in [2.24, 2.45) is 12.2 Å². The number of hydrogen-bond donors (Lipinski definition) is 0. The fourth-order valence-corrected chi connectivity index (χ4v) is 1.78. The number of hydrogen-bond acceptors (Lipinski definition) is 4. The van der Waals surface area contributed by atoms with Crippen molar-refractivity contribution in [3.63, 3.8) is 0 Å². The Morgan fingerprint density at radius 1 is 1.45 bits per heavy atom. The number of carbonyl (C=O) groups excluding carboxylic acids is 1. The van der Waals surface area contributed by atoms with Gasteiger partial charge in [0.1, 0.15) is 11.0 Å². The molecule has 1 aromatic carbocycles. The molecule has 1 aromatic heterocycles. The minimum absolute atomic E-state index is 0.206. The Balaban J connectivity index is 2.06. The van der Waals surface area contributed by atoms with Gasteiger partial charge in [0.05, 0.1) is 23.0 Å². The van der Waals surface area contributed by atoms with Crippen LogP contribution >= 0.6 is 11.6 Å². The maximum absolute atomic E-state index is 12.7. The summed E-state index contributed by atoms with van der Waals surface area (Å²) >= 11 is 5.99. The minimum Gasteiger partial charge on any atom is -0.313 e. The lowest BCUT2D eigenvalue weighted by molar-refractivity contribution is 0.0519. The zero-order valence-electron chi connectivity index (χ0n) is 10.8. The number of oxime groups is 1. The molecule has 2 rings (SSSR count). The molecule has 0 fully saturated rings. The molecule has 1 heterocycles. The monoisotopic (exact) mass is 295 g/mol. The van der Waals surface area contributed by atoms with Crippen molar-refractivity contribution in [1.82, 2.24) is 9.78 Å². The highest BCUT2D eigenvalue weighted by molar-refractivity contribution is 6.32. The standard InChI is InChI=1S/C13H11ClFN3O2/c1-8-11(12(14)18(2)17-8)7-16-20-13(19)9-3-5-10(15)6-4-9/h3-7H,1-2H3. The van der Waals surface area contributed by atoms with E-state index < -0.39 is 11.8 Å². The van der Waals surface area contributed by atoms with Gasteiger partial charge in [-0.3, -0.25) is 4.68 Å². The molecule has 0 aliphatic heterocycles. The number of rotatable bonds is 3. The second-order valence-electron chi connectivity index (χ2n) is 4.03. The molecule has 104 valence electrons. The van der Waals surface area contributed by atoms with Crippen LogP contribution in [0.3, 0.4) is 0 Å². The molecule has 20 heavy (non-hydrogen) atoms. The van der Waals surface area contributed by atoms with Crippen molar-refractivity contribution < 1.29 is 14.0 Å². The van der Waals surface area contributed by atoms with Crippen LogP contribution < -0.4 is 0 Å². The molecule has 0 aliphatic carbocycles. The second-order valence-corrected chi connectivity index (χ2v) is 4.39. The fraction of sp³-hybridized carbons (Fsp3) is 0.154. The topological polar surface area (TPSA) is 56.5 Å². The van der Waals surface area contributed by atoms with Crippen molar-refractivity contribution in [1.29, 1.82) is 0 Å². The van der Waals surface area contributed by atoms with Crippen molar-refractivity contribution in [3.8, 4) is 0 Å². The molecule has 0 saturated heterocycles. The van der Waals surface area contributed by atoms with Crippen LogP contribution in [0, 0.1) is 12.7 Å².